The second kappa shape index (κ2) is 11.6. The third-order valence-corrected chi connectivity index (χ3v) is 5.71. The van der Waals surface area contributed by atoms with E-state index in [0.29, 0.717) is 30.6 Å². The molecule has 1 heterocycles. The van der Waals surface area contributed by atoms with Gasteiger partial charge in [-0.25, -0.2) is 0 Å². The van der Waals surface area contributed by atoms with Crippen molar-refractivity contribution in [2.75, 3.05) is 13.7 Å². The summed E-state index contributed by atoms with van der Waals surface area (Å²) in [5.41, 5.74) is 4.13. The van der Waals surface area contributed by atoms with Gasteiger partial charge in [-0.15, -0.1) is 0 Å². The predicted molar refractivity (Wildman–Crippen MR) is 119 cm³/mol. The molecule has 0 atom stereocenters. The lowest BCUT2D eigenvalue weighted by Gasteiger charge is -2.08. The molecule has 0 saturated carbocycles. The van der Waals surface area contributed by atoms with E-state index in [0.717, 1.165) is 29.1 Å². The van der Waals surface area contributed by atoms with Crippen LogP contribution in [0.2, 0.25) is 0 Å². The van der Waals surface area contributed by atoms with Crippen LogP contribution in [0.15, 0.2) is 24.3 Å². The number of nitrogens with zero attached hydrogens (tertiary/aromatic N) is 1. The van der Waals surface area contributed by atoms with Gasteiger partial charge < -0.3 is 14.0 Å². The summed E-state index contributed by atoms with van der Waals surface area (Å²) in [6, 6.07) is 7.42. The summed E-state index contributed by atoms with van der Waals surface area (Å²) >= 11 is 0. The molecule has 0 aliphatic heterocycles. The number of rotatable bonds is 12. The number of esters is 1. The molecule has 0 unspecified atom stereocenters. The third kappa shape index (κ3) is 5.97. The first-order valence-electron chi connectivity index (χ1n) is 10.9. The number of aromatic nitrogens is 1. The molecule has 0 spiro atoms. The molecule has 2 aromatic rings. The van der Waals surface area contributed by atoms with Gasteiger partial charge in [0.15, 0.2) is 5.78 Å². The fourth-order valence-electron chi connectivity index (χ4n) is 3.82. The van der Waals surface area contributed by atoms with Gasteiger partial charge in [0.1, 0.15) is 5.75 Å². The summed E-state index contributed by atoms with van der Waals surface area (Å²) in [7, 11) is 3.32. The number of ether oxygens (including phenoxy) is 2. The minimum atomic E-state index is -0.249. The van der Waals surface area contributed by atoms with Crippen molar-refractivity contribution in [3.05, 3.63) is 52.3 Å². The first-order valence-corrected chi connectivity index (χ1v) is 10.9. The molecule has 0 aliphatic carbocycles. The van der Waals surface area contributed by atoms with Gasteiger partial charge >= 0.3 is 5.97 Å². The van der Waals surface area contributed by atoms with Crippen molar-refractivity contribution in [3.8, 4) is 5.75 Å². The molecule has 0 N–H and O–H groups in total. The number of hydrogen-bond acceptors (Lipinski definition) is 4. The zero-order chi connectivity index (χ0) is 22.1. The van der Waals surface area contributed by atoms with Crippen LogP contribution >= 0.6 is 0 Å². The van der Waals surface area contributed by atoms with Crippen molar-refractivity contribution in [1.82, 2.24) is 4.57 Å². The summed E-state index contributed by atoms with van der Waals surface area (Å²) < 4.78 is 12.6. The van der Waals surface area contributed by atoms with Gasteiger partial charge in [-0.3, -0.25) is 9.59 Å². The molecule has 30 heavy (non-hydrogen) atoms. The van der Waals surface area contributed by atoms with Crippen molar-refractivity contribution in [2.45, 2.75) is 65.7 Å². The molecule has 0 amide bonds. The van der Waals surface area contributed by atoms with Gasteiger partial charge in [-0.1, -0.05) is 44.7 Å². The fourth-order valence-corrected chi connectivity index (χ4v) is 3.82. The van der Waals surface area contributed by atoms with Crippen molar-refractivity contribution in [1.29, 1.82) is 0 Å². The molecule has 2 rings (SSSR count). The Balaban J connectivity index is 2.12. The van der Waals surface area contributed by atoms with Crippen molar-refractivity contribution < 1.29 is 19.1 Å². The lowest BCUT2D eigenvalue weighted by atomic mass is 9.98. The summed E-state index contributed by atoms with van der Waals surface area (Å²) in [4.78, 5) is 24.8. The van der Waals surface area contributed by atoms with E-state index < -0.39 is 0 Å². The molecule has 0 radical (unpaired) electrons. The highest BCUT2D eigenvalue weighted by Crippen LogP contribution is 2.26. The average Bonchev–Trinajstić information content (AvgIpc) is 2.96. The lowest BCUT2D eigenvalue weighted by molar-refractivity contribution is -0.140. The van der Waals surface area contributed by atoms with E-state index in [4.69, 9.17) is 9.47 Å². The quantitative estimate of drug-likeness (QED) is 0.268. The largest absolute Gasteiger partial charge is 0.494 e. The smallest absolute Gasteiger partial charge is 0.305 e. The van der Waals surface area contributed by atoms with E-state index >= 15 is 0 Å². The van der Waals surface area contributed by atoms with Crippen LogP contribution in [0, 0.1) is 13.8 Å². The van der Waals surface area contributed by atoms with E-state index in [1.807, 2.05) is 49.7 Å². The summed E-state index contributed by atoms with van der Waals surface area (Å²) in [5, 5.41) is 0. The highest BCUT2D eigenvalue weighted by atomic mass is 16.5. The number of carbonyl (C=O) groups is 2. The van der Waals surface area contributed by atoms with Gasteiger partial charge in [0.05, 0.1) is 20.1 Å². The van der Waals surface area contributed by atoms with E-state index in [1.165, 1.54) is 32.8 Å². The summed E-state index contributed by atoms with van der Waals surface area (Å²) in [5.74, 6) is 0.465. The SMILES string of the molecule is CCCCCCCOc1cccc(C(=O)c2c(C)c(CCC(=O)OC)n(C)c2C)c1. The lowest BCUT2D eigenvalue weighted by Crippen LogP contribution is -2.06. The van der Waals surface area contributed by atoms with E-state index in [1.54, 1.807) is 0 Å². The first kappa shape index (κ1) is 23.7. The molecule has 1 aromatic carbocycles. The molecule has 1 aromatic heterocycles. The highest BCUT2D eigenvalue weighted by Gasteiger charge is 2.22. The van der Waals surface area contributed by atoms with Crippen molar-refractivity contribution in [2.24, 2.45) is 7.05 Å². The summed E-state index contributed by atoms with van der Waals surface area (Å²) in [6.07, 6.45) is 6.77. The van der Waals surface area contributed by atoms with Gasteiger partial charge in [0.2, 0.25) is 0 Å². The van der Waals surface area contributed by atoms with E-state index in [9.17, 15) is 9.59 Å². The molecule has 0 fully saturated rings. The van der Waals surface area contributed by atoms with Crippen LogP contribution in [0.3, 0.4) is 0 Å². The van der Waals surface area contributed by atoms with Crippen molar-refractivity contribution in [3.63, 3.8) is 0 Å². The highest BCUT2D eigenvalue weighted by molar-refractivity contribution is 6.11. The monoisotopic (exact) mass is 413 g/mol. The maximum Gasteiger partial charge on any atom is 0.305 e. The molecular formula is C25H35NO4. The van der Waals surface area contributed by atoms with Gasteiger partial charge in [-0.05, 0) is 44.4 Å². The maximum absolute atomic E-state index is 13.3. The topological polar surface area (TPSA) is 57.5 Å². The Morgan fingerprint density at radius 3 is 2.50 bits per heavy atom. The zero-order valence-electron chi connectivity index (χ0n) is 19.0. The molecule has 0 bridgehead atoms. The van der Waals surface area contributed by atoms with Crippen LogP contribution in [0.5, 0.6) is 5.75 Å². The van der Waals surface area contributed by atoms with E-state index in [2.05, 4.69) is 6.92 Å². The number of benzene rings is 1. The van der Waals surface area contributed by atoms with Crippen LogP contribution in [0.25, 0.3) is 0 Å². The molecule has 0 aliphatic rings. The minimum Gasteiger partial charge on any atom is -0.494 e. The second-order valence-corrected chi connectivity index (χ2v) is 7.79. The van der Waals surface area contributed by atoms with Crippen LogP contribution in [-0.2, 0) is 23.0 Å². The molecule has 164 valence electrons. The summed E-state index contributed by atoms with van der Waals surface area (Å²) in [6.45, 7) is 6.77. The van der Waals surface area contributed by atoms with Crippen LogP contribution in [0.1, 0.15) is 78.3 Å². The Morgan fingerprint density at radius 1 is 1.07 bits per heavy atom. The van der Waals surface area contributed by atoms with Gasteiger partial charge in [0, 0.05) is 29.6 Å². The van der Waals surface area contributed by atoms with E-state index in [-0.39, 0.29) is 11.8 Å². The van der Waals surface area contributed by atoms with Crippen molar-refractivity contribution >= 4 is 11.8 Å². The Kier molecular flexibility index (Phi) is 9.15. The van der Waals surface area contributed by atoms with Crippen LogP contribution in [0.4, 0.5) is 0 Å². The molecule has 0 saturated heterocycles. The van der Waals surface area contributed by atoms with Gasteiger partial charge in [-0.2, -0.15) is 0 Å². The first-order chi connectivity index (χ1) is 14.4. The Labute approximate surface area is 180 Å². The number of carbonyl (C=O) groups excluding carboxylic acids is 2. The standard InChI is InChI=1S/C25H35NO4/c1-6-7-8-9-10-16-30-21-13-11-12-20(17-21)25(28)24-18(2)22(26(4)19(24)3)14-15-23(27)29-5/h11-13,17H,6-10,14-16H2,1-5H3. The van der Waals surface area contributed by atoms with Crippen LogP contribution < -0.4 is 4.74 Å². The molecule has 5 nitrogen and oxygen atoms in total. The number of ketones is 1. The zero-order valence-corrected chi connectivity index (χ0v) is 19.0. The van der Waals surface area contributed by atoms with Gasteiger partial charge in [0.25, 0.3) is 0 Å². The molecule has 5 heteroatoms. The van der Waals surface area contributed by atoms with Crippen LogP contribution in [-0.4, -0.2) is 30.0 Å². The number of unbranched alkanes of at least 4 members (excludes halogenated alkanes) is 4. The normalized spacial score (nSPS) is 10.8. The predicted octanol–water partition coefficient (Wildman–Crippen LogP) is 5.33. The second-order valence-electron chi connectivity index (χ2n) is 7.79. The Bertz CT molecular complexity index is 866. The third-order valence-electron chi connectivity index (χ3n) is 5.71. The molecular weight excluding hydrogens is 378 g/mol. The number of methoxy groups -OCH3 is 1. The Hall–Kier alpha value is -2.56. The minimum absolute atomic E-state index is 0.0155. The fraction of sp³-hybridized carbons (Fsp3) is 0.520. The average molecular weight is 414 g/mol. The maximum atomic E-state index is 13.3. The number of hydrogen-bond donors (Lipinski definition) is 0. The Morgan fingerprint density at radius 2 is 1.80 bits per heavy atom.